The molecule has 96 valence electrons. The first-order valence-electron chi connectivity index (χ1n) is 5.99. The first-order chi connectivity index (χ1) is 9.20. The molecule has 0 bridgehead atoms. The largest absolute Gasteiger partial charge is 0.478 e. The molecular weight excluding hydrogens is 260 g/mol. The van der Waals surface area contributed by atoms with Gasteiger partial charge in [0.1, 0.15) is 11.3 Å². The zero-order chi connectivity index (χ0) is 13.4. The summed E-state index contributed by atoms with van der Waals surface area (Å²) in [6.45, 7) is 2.09. The Balaban J connectivity index is 2.22. The van der Waals surface area contributed by atoms with Gasteiger partial charge >= 0.3 is 5.97 Å². The number of H-pyrrole nitrogens is 1. The van der Waals surface area contributed by atoms with Gasteiger partial charge in [-0.1, -0.05) is 13.0 Å². The van der Waals surface area contributed by atoms with E-state index in [4.69, 9.17) is 0 Å². The highest BCUT2D eigenvalue weighted by Gasteiger charge is 2.15. The molecule has 5 heteroatoms. The van der Waals surface area contributed by atoms with Gasteiger partial charge in [0.05, 0.1) is 16.0 Å². The average Bonchev–Trinajstić information content (AvgIpc) is 3.03. The molecule has 19 heavy (non-hydrogen) atoms. The van der Waals surface area contributed by atoms with Gasteiger partial charge in [-0.25, -0.2) is 9.78 Å². The average molecular weight is 272 g/mol. The fraction of sp³-hybridized carbons (Fsp3) is 0.143. The minimum atomic E-state index is -0.953. The summed E-state index contributed by atoms with van der Waals surface area (Å²) in [4.78, 5) is 19.9. The second kappa shape index (κ2) is 4.51. The van der Waals surface area contributed by atoms with Gasteiger partial charge in [0, 0.05) is 0 Å². The van der Waals surface area contributed by atoms with E-state index in [-0.39, 0.29) is 5.56 Å². The quantitative estimate of drug-likeness (QED) is 0.766. The Morgan fingerprint density at radius 3 is 3.00 bits per heavy atom. The van der Waals surface area contributed by atoms with Crippen molar-refractivity contribution in [1.29, 1.82) is 0 Å². The van der Waals surface area contributed by atoms with E-state index >= 15 is 0 Å². The minimum absolute atomic E-state index is 0.231. The molecule has 3 aromatic rings. The third-order valence-electron chi connectivity index (χ3n) is 3.09. The van der Waals surface area contributed by atoms with Crippen molar-refractivity contribution in [3.8, 4) is 10.7 Å². The van der Waals surface area contributed by atoms with E-state index in [2.05, 4.69) is 23.0 Å². The number of hydrogen-bond donors (Lipinski definition) is 2. The number of imidazole rings is 1. The van der Waals surface area contributed by atoms with E-state index in [1.54, 1.807) is 23.5 Å². The van der Waals surface area contributed by atoms with Crippen molar-refractivity contribution < 1.29 is 9.90 Å². The number of carboxylic acid groups (broad SMARTS) is 1. The van der Waals surface area contributed by atoms with Crippen molar-refractivity contribution in [2.75, 3.05) is 0 Å². The van der Waals surface area contributed by atoms with Crippen molar-refractivity contribution in [3.05, 3.63) is 40.8 Å². The molecule has 0 saturated heterocycles. The Labute approximate surface area is 113 Å². The lowest BCUT2D eigenvalue weighted by atomic mass is 10.2. The highest BCUT2D eigenvalue weighted by molar-refractivity contribution is 7.13. The Hall–Kier alpha value is -2.14. The van der Waals surface area contributed by atoms with Gasteiger partial charge in [0.25, 0.3) is 0 Å². The smallest absolute Gasteiger partial charge is 0.337 e. The highest BCUT2D eigenvalue weighted by Crippen LogP contribution is 2.30. The fourth-order valence-corrected chi connectivity index (χ4v) is 3.07. The molecule has 2 aromatic heterocycles. The Morgan fingerprint density at radius 1 is 1.42 bits per heavy atom. The number of aromatic nitrogens is 2. The van der Waals surface area contributed by atoms with Crippen LogP contribution < -0.4 is 0 Å². The highest BCUT2D eigenvalue weighted by atomic mass is 32.1. The summed E-state index contributed by atoms with van der Waals surface area (Å²) in [5.41, 5.74) is 2.72. The van der Waals surface area contributed by atoms with Crippen LogP contribution in [-0.4, -0.2) is 21.0 Å². The predicted octanol–water partition coefficient (Wildman–Crippen LogP) is 3.55. The molecule has 0 unspecified atom stereocenters. The number of thiophene rings is 1. The Bertz CT molecular complexity index is 758. The Morgan fingerprint density at radius 2 is 2.26 bits per heavy atom. The minimum Gasteiger partial charge on any atom is -0.478 e. The topological polar surface area (TPSA) is 66.0 Å². The van der Waals surface area contributed by atoms with Crippen LogP contribution in [0.4, 0.5) is 0 Å². The lowest BCUT2D eigenvalue weighted by molar-refractivity contribution is 0.0699. The number of aromatic carboxylic acids is 1. The number of para-hydroxylation sites is 1. The van der Waals surface area contributed by atoms with Crippen molar-refractivity contribution in [2.45, 2.75) is 13.3 Å². The van der Waals surface area contributed by atoms with Crippen LogP contribution >= 0.6 is 11.3 Å². The zero-order valence-corrected chi connectivity index (χ0v) is 11.1. The summed E-state index contributed by atoms with van der Waals surface area (Å²) in [6.07, 6.45) is 0.932. The third kappa shape index (κ3) is 1.92. The monoisotopic (exact) mass is 272 g/mol. The lowest BCUT2D eigenvalue weighted by Crippen LogP contribution is -1.96. The van der Waals surface area contributed by atoms with Crippen LogP contribution in [0.25, 0.3) is 21.7 Å². The van der Waals surface area contributed by atoms with E-state index in [1.807, 2.05) is 11.4 Å². The van der Waals surface area contributed by atoms with Crippen LogP contribution in [0.1, 0.15) is 22.8 Å². The number of carbonyl (C=O) groups is 1. The van der Waals surface area contributed by atoms with Crippen LogP contribution in [-0.2, 0) is 6.42 Å². The number of aryl methyl sites for hydroxylation is 1. The lowest BCUT2D eigenvalue weighted by Gasteiger charge is -1.95. The summed E-state index contributed by atoms with van der Waals surface area (Å²) in [6, 6.07) is 7.22. The number of nitrogens with zero attached hydrogens (tertiary/aromatic N) is 1. The van der Waals surface area contributed by atoms with Gasteiger partial charge in [-0.15, -0.1) is 11.3 Å². The van der Waals surface area contributed by atoms with Gasteiger partial charge in [-0.05, 0) is 35.6 Å². The first-order valence-corrected chi connectivity index (χ1v) is 6.87. The molecule has 0 amide bonds. The molecule has 0 aliphatic rings. The molecule has 0 aliphatic heterocycles. The standard InChI is InChI=1S/C14H12N2O2S/c1-2-8-6-7-19-12(8)13-15-10-5-3-4-9(14(17)18)11(10)16-13/h3-7H,2H2,1H3,(H,15,16)(H,17,18). The Kier molecular flexibility index (Phi) is 2.83. The predicted molar refractivity (Wildman–Crippen MR) is 75.7 cm³/mol. The van der Waals surface area contributed by atoms with Crippen molar-refractivity contribution in [1.82, 2.24) is 9.97 Å². The van der Waals surface area contributed by atoms with E-state index in [1.165, 1.54) is 5.56 Å². The molecule has 0 fully saturated rings. The third-order valence-corrected chi connectivity index (χ3v) is 4.05. The summed E-state index contributed by atoms with van der Waals surface area (Å²) >= 11 is 1.62. The molecule has 4 nitrogen and oxygen atoms in total. The van der Waals surface area contributed by atoms with Crippen molar-refractivity contribution in [2.24, 2.45) is 0 Å². The number of nitrogens with one attached hydrogen (secondary N) is 1. The second-order valence-electron chi connectivity index (χ2n) is 4.22. The maximum Gasteiger partial charge on any atom is 0.337 e. The molecule has 0 radical (unpaired) electrons. The number of carboxylic acids is 1. The van der Waals surface area contributed by atoms with Crippen molar-refractivity contribution >= 4 is 28.3 Å². The number of benzene rings is 1. The summed E-state index contributed by atoms with van der Waals surface area (Å²) in [5.74, 6) is -0.207. The molecule has 2 heterocycles. The number of hydrogen-bond acceptors (Lipinski definition) is 3. The summed E-state index contributed by atoms with van der Waals surface area (Å²) in [7, 11) is 0. The van der Waals surface area contributed by atoms with E-state index in [9.17, 15) is 9.90 Å². The maximum atomic E-state index is 11.2. The van der Waals surface area contributed by atoms with Gasteiger partial charge in [0.2, 0.25) is 0 Å². The van der Waals surface area contributed by atoms with Crippen LogP contribution in [0.15, 0.2) is 29.6 Å². The van der Waals surface area contributed by atoms with Crippen LogP contribution in [0.3, 0.4) is 0 Å². The zero-order valence-electron chi connectivity index (χ0n) is 10.3. The van der Waals surface area contributed by atoms with Crippen molar-refractivity contribution in [3.63, 3.8) is 0 Å². The molecule has 2 N–H and O–H groups in total. The number of rotatable bonds is 3. The summed E-state index contributed by atoms with van der Waals surface area (Å²) in [5, 5.41) is 11.2. The molecule has 1 aromatic carbocycles. The molecule has 0 saturated carbocycles. The van der Waals surface area contributed by atoms with E-state index < -0.39 is 5.97 Å². The van der Waals surface area contributed by atoms with Gasteiger partial charge in [0.15, 0.2) is 0 Å². The second-order valence-corrected chi connectivity index (χ2v) is 5.14. The van der Waals surface area contributed by atoms with Gasteiger partial charge in [-0.3, -0.25) is 0 Å². The maximum absolute atomic E-state index is 11.2. The molecular formula is C14H12N2O2S. The van der Waals surface area contributed by atoms with Gasteiger partial charge in [-0.2, -0.15) is 0 Å². The van der Waals surface area contributed by atoms with E-state index in [0.29, 0.717) is 5.52 Å². The van der Waals surface area contributed by atoms with E-state index in [0.717, 1.165) is 22.6 Å². The van der Waals surface area contributed by atoms with Crippen LogP contribution in [0, 0.1) is 0 Å². The van der Waals surface area contributed by atoms with Crippen LogP contribution in [0.2, 0.25) is 0 Å². The normalized spacial score (nSPS) is 11.0. The molecule has 0 spiro atoms. The first kappa shape index (κ1) is 11.9. The molecule has 3 rings (SSSR count). The fourth-order valence-electron chi connectivity index (χ4n) is 2.13. The SMILES string of the molecule is CCc1ccsc1-c1nc2c(C(=O)O)cccc2[nH]1. The number of aromatic amines is 1. The molecule has 0 atom stereocenters. The molecule has 0 aliphatic carbocycles. The van der Waals surface area contributed by atoms with Gasteiger partial charge < -0.3 is 10.1 Å². The number of fused-ring (bicyclic) bond motifs is 1. The van der Waals surface area contributed by atoms with Crippen LogP contribution in [0.5, 0.6) is 0 Å². The summed E-state index contributed by atoms with van der Waals surface area (Å²) < 4.78 is 0.